The van der Waals surface area contributed by atoms with Crippen LogP contribution in [-0.4, -0.2) is 10.5 Å². The molecule has 1 atom stereocenters. The molecular formula is C22H19N3O. The van der Waals surface area contributed by atoms with Crippen molar-refractivity contribution in [2.24, 2.45) is 0 Å². The van der Waals surface area contributed by atoms with Gasteiger partial charge in [0, 0.05) is 17.6 Å². The topological polar surface area (TPSA) is 57.8 Å². The van der Waals surface area contributed by atoms with Crippen molar-refractivity contribution in [3.05, 3.63) is 95.8 Å². The van der Waals surface area contributed by atoms with Crippen molar-refractivity contribution < 1.29 is 4.79 Å². The summed E-state index contributed by atoms with van der Waals surface area (Å²) in [6.07, 6.45) is 3.51. The van der Waals surface area contributed by atoms with Crippen molar-refractivity contribution in [1.82, 2.24) is 9.88 Å². The van der Waals surface area contributed by atoms with Crippen molar-refractivity contribution in [1.29, 1.82) is 5.26 Å². The first kappa shape index (κ1) is 17.2. The van der Waals surface area contributed by atoms with E-state index in [0.29, 0.717) is 0 Å². The second kappa shape index (κ2) is 8.00. The second-order valence-electron chi connectivity index (χ2n) is 5.91. The Hall–Kier alpha value is -3.58. The number of aromatic nitrogens is 1. The summed E-state index contributed by atoms with van der Waals surface area (Å²) in [6, 6.07) is 25.0. The van der Waals surface area contributed by atoms with Crippen LogP contribution in [0.25, 0.3) is 11.8 Å². The number of carbonyl (C=O) groups excluding carboxylic acids is 1. The van der Waals surface area contributed by atoms with Crippen LogP contribution in [0.15, 0.2) is 84.6 Å². The summed E-state index contributed by atoms with van der Waals surface area (Å²) in [7, 11) is 0. The van der Waals surface area contributed by atoms with Gasteiger partial charge in [-0.3, -0.25) is 4.79 Å². The van der Waals surface area contributed by atoms with Crippen LogP contribution in [0.2, 0.25) is 0 Å². The van der Waals surface area contributed by atoms with Gasteiger partial charge >= 0.3 is 0 Å². The molecule has 0 aliphatic carbocycles. The molecule has 1 N–H and O–H groups in total. The van der Waals surface area contributed by atoms with Crippen molar-refractivity contribution >= 4 is 12.0 Å². The SMILES string of the molecule is C[C@@H](NC(=O)/C(C#N)=C\c1cccn1-c1ccccc1)c1ccccc1. The van der Waals surface area contributed by atoms with Gasteiger partial charge in [-0.25, -0.2) is 0 Å². The number of hydrogen-bond acceptors (Lipinski definition) is 2. The molecule has 1 amide bonds. The lowest BCUT2D eigenvalue weighted by molar-refractivity contribution is -0.117. The molecule has 0 radical (unpaired) electrons. The zero-order valence-electron chi connectivity index (χ0n) is 14.5. The lowest BCUT2D eigenvalue weighted by atomic mass is 10.1. The van der Waals surface area contributed by atoms with Crippen LogP contribution in [0.1, 0.15) is 24.2 Å². The number of nitrogens with one attached hydrogen (secondary N) is 1. The molecule has 0 fully saturated rings. The Kier molecular flexibility index (Phi) is 5.31. The molecule has 0 saturated carbocycles. The van der Waals surface area contributed by atoms with Crippen LogP contribution >= 0.6 is 0 Å². The predicted octanol–water partition coefficient (Wildman–Crippen LogP) is 4.26. The average Bonchev–Trinajstić information content (AvgIpc) is 3.15. The predicted molar refractivity (Wildman–Crippen MR) is 102 cm³/mol. The van der Waals surface area contributed by atoms with E-state index in [1.165, 1.54) is 0 Å². The van der Waals surface area contributed by atoms with Gasteiger partial charge in [-0.15, -0.1) is 0 Å². The van der Waals surface area contributed by atoms with Gasteiger partial charge in [0.15, 0.2) is 0 Å². The molecule has 0 bridgehead atoms. The van der Waals surface area contributed by atoms with Gasteiger partial charge < -0.3 is 9.88 Å². The first-order valence-corrected chi connectivity index (χ1v) is 8.39. The van der Waals surface area contributed by atoms with Gasteiger partial charge in [-0.1, -0.05) is 48.5 Å². The fourth-order valence-corrected chi connectivity index (χ4v) is 2.73. The largest absolute Gasteiger partial charge is 0.345 e. The van der Waals surface area contributed by atoms with Crippen LogP contribution in [0.5, 0.6) is 0 Å². The number of para-hydroxylation sites is 1. The van der Waals surface area contributed by atoms with Crippen LogP contribution in [-0.2, 0) is 4.79 Å². The number of nitriles is 1. The van der Waals surface area contributed by atoms with Crippen molar-refractivity contribution in [3.8, 4) is 11.8 Å². The molecule has 3 rings (SSSR count). The van der Waals surface area contributed by atoms with Crippen LogP contribution in [0.3, 0.4) is 0 Å². The summed E-state index contributed by atoms with van der Waals surface area (Å²) in [5.41, 5.74) is 2.81. The molecule has 2 aromatic carbocycles. The molecule has 0 saturated heterocycles. The Balaban J connectivity index is 1.82. The Labute approximate surface area is 153 Å². The first-order valence-electron chi connectivity index (χ1n) is 8.39. The minimum atomic E-state index is -0.385. The number of rotatable bonds is 5. The van der Waals surface area contributed by atoms with Gasteiger partial charge in [0.25, 0.3) is 5.91 Å². The molecule has 0 unspecified atom stereocenters. The van der Waals surface area contributed by atoms with E-state index in [0.717, 1.165) is 16.9 Å². The summed E-state index contributed by atoms with van der Waals surface area (Å²) < 4.78 is 1.94. The van der Waals surface area contributed by atoms with E-state index in [4.69, 9.17) is 0 Å². The van der Waals surface area contributed by atoms with Crippen LogP contribution in [0.4, 0.5) is 0 Å². The molecule has 4 heteroatoms. The Bertz CT molecular complexity index is 950. The fraction of sp³-hybridized carbons (Fsp3) is 0.0909. The van der Waals surface area contributed by atoms with Crippen molar-refractivity contribution in [3.63, 3.8) is 0 Å². The number of nitrogens with zero attached hydrogens (tertiary/aromatic N) is 2. The molecular weight excluding hydrogens is 322 g/mol. The Morgan fingerprint density at radius 1 is 1.04 bits per heavy atom. The highest BCUT2D eigenvalue weighted by molar-refractivity contribution is 6.01. The maximum atomic E-state index is 12.5. The average molecular weight is 341 g/mol. The van der Waals surface area contributed by atoms with E-state index in [-0.39, 0.29) is 17.5 Å². The lowest BCUT2D eigenvalue weighted by Gasteiger charge is -2.14. The normalized spacial score (nSPS) is 12.2. The smallest absolute Gasteiger partial charge is 0.262 e. The van der Waals surface area contributed by atoms with Gasteiger partial charge in [0.2, 0.25) is 0 Å². The quantitative estimate of drug-likeness (QED) is 0.557. The third-order valence-electron chi connectivity index (χ3n) is 4.12. The van der Waals surface area contributed by atoms with E-state index in [9.17, 15) is 10.1 Å². The van der Waals surface area contributed by atoms with Crippen molar-refractivity contribution in [2.75, 3.05) is 0 Å². The zero-order chi connectivity index (χ0) is 18.4. The third-order valence-corrected chi connectivity index (χ3v) is 4.12. The maximum Gasteiger partial charge on any atom is 0.262 e. The van der Waals surface area contributed by atoms with E-state index in [1.54, 1.807) is 6.08 Å². The van der Waals surface area contributed by atoms with E-state index in [1.807, 2.05) is 96.6 Å². The minimum absolute atomic E-state index is 0.0728. The summed E-state index contributed by atoms with van der Waals surface area (Å²) in [6.45, 7) is 1.90. The molecule has 128 valence electrons. The van der Waals surface area contributed by atoms with Gasteiger partial charge in [-0.05, 0) is 42.8 Å². The third kappa shape index (κ3) is 3.90. The minimum Gasteiger partial charge on any atom is -0.345 e. The van der Waals surface area contributed by atoms with E-state index < -0.39 is 0 Å². The van der Waals surface area contributed by atoms with Crippen molar-refractivity contribution in [2.45, 2.75) is 13.0 Å². The molecule has 3 aromatic rings. The first-order chi connectivity index (χ1) is 12.7. The molecule has 26 heavy (non-hydrogen) atoms. The second-order valence-corrected chi connectivity index (χ2v) is 5.91. The summed E-state index contributed by atoms with van der Waals surface area (Å²) >= 11 is 0. The fourth-order valence-electron chi connectivity index (χ4n) is 2.73. The molecule has 4 nitrogen and oxygen atoms in total. The Morgan fingerprint density at radius 2 is 1.69 bits per heavy atom. The molecule has 1 aromatic heterocycles. The number of benzene rings is 2. The van der Waals surface area contributed by atoms with E-state index in [2.05, 4.69) is 5.32 Å². The highest BCUT2D eigenvalue weighted by Gasteiger charge is 2.14. The van der Waals surface area contributed by atoms with E-state index >= 15 is 0 Å². The molecule has 0 aliphatic heterocycles. The summed E-state index contributed by atoms with van der Waals surface area (Å²) in [4.78, 5) is 12.5. The summed E-state index contributed by atoms with van der Waals surface area (Å²) in [5.74, 6) is -0.385. The van der Waals surface area contributed by atoms with Crippen LogP contribution < -0.4 is 5.32 Å². The molecule has 1 heterocycles. The lowest BCUT2D eigenvalue weighted by Crippen LogP contribution is -2.27. The monoisotopic (exact) mass is 341 g/mol. The Morgan fingerprint density at radius 3 is 2.35 bits per heavy atom. The highest BCUT2D eigenvalue weighted by atomic mass is 16.1. The number of carbonyl (C=O) groups is 1. The van der Waals surface area contributed by atoms with Gasteiger partial charge in [0.1, 0.15) is 11.6 Å². The summed E-state index contributed by atoms with van der Waals surface area (Å²) in [5, 5.41) is 12.3. The van der Waals surface area contributed by atoms with Gasteiger partial charge in [-0.2, -0.15) is 5.26 Å². The number of hydrogen-bond donors (Lipinski definition) is 1. The maximum absolute atomic E-state index is 12.5. The van der Waals surface area contributed by atoms with Crippen LogP contribution in [0, 0.1) is 11.3 Å². The molecule has 0 spiro atoms. The zero-order valence-corrected chi connectivity index (χ0v) is 14.5. The highest BCUT2D eigenvalue weighted by Crippen LogP contribution is 2.16. The standard InChI is InChI=1S/C22H19N3O/c1-17(18-9-4-2-5-10-18)24-22(26)19(16-23)15-21-13-8-14-25(21)20-11-6-3-7-12-20/h2-15,17H,1H3,(H,24,26)/b19-15-/t17-/m1/s1. The molecule has 0 aliphatic rings. The van der Waals surface area contributed by atoms with Gasteiger partial charge in [0.05, 0.1) is 6.04 Å². The number of amides is 1.